The van der Waals surface area contributed by atoms with Crippen LogP contribution in [0.2, 0.25) is 0 Å². The van der Waals surface area contributed by atoms with Crippen LogP contribution in [0.4, 0.5) is 4.79 Å². The quantitative estimate of drug-likeness (QED) is 0.837. The number of rotatable bonds is 4. The first-order chi connectivity index (χ1) is 10.8. The van der Waals surface area contributed by atoms with Crippen LogP contribution in [-0.4, -0.2) is 34.5 Å². The molecule has 2 aliphatic rings. The van der Waals surface area contributed by atoms with E-state index in [1.807, 2.05) is 24.0 Å². The van der Waals surface area contributed by atoms with Crippen LogP contribution in [-0.2, 0) is 11.3 Å². The summed E-state index contributed by atoms with van der Waals surface area (Å²) in [5, 5.41) is 10.4. The molecule has 1 aromatic heterocycles. The van der Waals surface area contributed by atoms with Gasteiger partial charge in [0, 0.05) is 31.0 Å². The van der Waals surface area contributed by atoms with Crippen LogP contribution in [0.3, 0.4) is 0 Å². The zero-order chi connectivity index (χ0) is 15.4. The average molecular weight is 304 g/mol. The largest absolute Gasteiger partial charge is 0.371 e. The summed E-state index contributed by atoms with van der Waals surface area (Å²) in [6.07, 6.45) is 12.0. The van der Waals surface area contributed by atoms with E-state index >= 15 is 0 Å². The second-order valence-corrected chi connectivity index (χ2v) is 5.90. The molecule has 1 fully saturated rings. The van der Waals surface area contributed by atoms with Gasteiger partial charge in [0.1, 0.15) is 6.10 Å². The molecule has 0 radical (unpaired) electrons. The van der Waals surface area contributed by atoms with E-state index in [0.29, 0.717) is 6.61 Å². The zero-order valence-electron chi connectivity index (χ0n) is 13.0. The smallest absolute Gasteiger partial charge is 0.315 e. The van der Waals surface area contributed by atoms with Crippen molar-refractivity contribution in [3.63, 3.8) is 0 Å². The lowest BCUT2D eigenvalue weighted by Crippen LogP contribution is -2.46. The molecule has 2 heterocycles. The van der Waals surface area contributed by atoms with Crippen molar-refractivity contribution in [2.45, 2.75) is 57.3 Å². The molecule has 1 saturated heterocycles. The molecule has 1 aromatic rings. The fraction of sp³-hybridized carbons (Fsp3) is 0.625. The molecule has 22 heavy (non-hydrogen) atoms. The Morgan fingerprint density at radius 1 is 1.45 bits per heavy atom. The summed E-state index contributed by atoms with van der Waals surface area (Å²) in [5.41, 5.74) is 1.03. The second-order valence-electron chi connectivity index (χ2n) is 5.90. The molecule has 2 amide bonds. The fourth-order valence-corrected chi connectivity index (χ4v) is 3.08. The number of carbonyl (C=O) groups excluding carboxylic acids is 1. The van der Waals surface area contributed by atoms with E-state index in [4.69, 9.17) is 4.74 Å². The third-order valence-electron chi connectivity index (χ3n) is 4.28. The normalized spacial score (nSPS) is 27.8. The number of aromatic nitrogens is 2. The van der Waals surface area contributed by atoms with Crippen molar-refractivity contribution < 1.29 is 9.53 Å². The maximum Gasteiger partial charge on any atom is 0.315 e. The van der Waals surface area contributed by atoms with Gasteiger partial charge in [-0.2, -0.15) is 5.10 Å². The Labute approximate surface area is 130 Å². The van der Waals surface area contributed by atoms with Gasteiger partial charge in [-0.25, -0.2) is 4.79 Å². The molecule has 0 aromatic carbocycles. The van der Waals surface area contributed by atoms with Crippen molar-refractivity contribution in [3.05, 3.63) is 30.1 Å². The summed E-state index contributed by atoms with van der Waals surface area (Å²) in [5.74, 6) is 0. The summed E-state index contributed by atoms with van der Waals surface area (Å²) < 4.78 is 7.67. The van der Waals surface area contributed by atoms with Gasteiger partial charge in [0.25, 0.3) is 0 Å². The number of aryl methyl sites for hydroxylation is 1. The van der Waals surface area contributed by atoms with Crippen LogP contribution >= 0.6 is 0 Å². The fourth-order valence-electron chi connectivity index (χ4n) is 3.08. The van der Waals surface area contributed by atoms with Gasteiger partial charge in [-0.3, -0.25) is 4.68 Å². The Morgan fingerprint density at radius 3 is 3.09 bits per heavy atom. The van der Waals surface area contributed by atoms with E-state index in [2.05, 4.69) is 27.9 Å². The summed E-state index contributed by atoms with van der Waals surface area (Å²) >= 11 is 0. The maximum atomic E-state index is 12.2. The van der Waals surface area contributed by atoms with Gasteiger partial charge in [0.05, 0.1) is 12.2 Å². The highest BCUT2D eigenvalue weighted by Gasteiger charge is 2.32. The molecular weight excluding hydrogens is 280 g/mol. The van der Waals surface area contributed by atoms with E-state index in [1.165, 1.54) is 0 Å². The molecule has 1 aliphatic heterocycles. The lowest BCUT2D eigenvalue weighted by Gasteiger charge is -2.22. The molecule has 120 valence electrons. The summed E-state index contributed by atoms with van der Waals surface area (Å²) in [6, 6.07) is 0.0411. The second kappa shape index (κ2) is 6.96. The van der Waals surface area contributed by atoms with E-state index in [9.17, 15) is 4.79 Å². The number of carbonyl (C=O) groups is 1. The molecule has 0 unspecified atom stereocenters. The topological polar surface area (TPSA) is 68.2 Å². The molecule has 6 heteroatoms. The third kappa shape index (κ3) is 3.50. The Hall–Kier alpha value is -1.82. The number of ether oxygens (including phenoxy) is 1. The number of allylic oxidation sites excluding steroid dienone is 1. The number of nitrogens with zero attached hydrogens (tertiary/aromatic N) is 2. The Morgan fingerprint density at radius 2 is 2.36 bits per heavy atom. The van der Waals surface area contributed by atoms with Gasteiger partial charge in [-0.15, -0.1) is 0 Å². The zero-order valence-corrected chi connectivity index (χ0v) is 13.0. The molecule has 6 nitrogen and oxygen atoms in total. The minimum atomic E-state index is -0.111. The Bertz CT molecular complexity index is 540. The molecule has 1 aliphatic carbocycles. The van der Waals surface area contributed by atoms with Crippen molar-refractivity contribution >= 4 is 6.03 Å². The Balaban J connectivity index is 1.57. The van der Waals surface area contributed by atoms with Crippen LogP contribution in [0.25, 0.3) is 0 Å². The van der Waals surface area contributed by atoms with Crippen molar-refractivity contribution in [1.82, 2.24) is 20.4 Å². The molecule has 0 bridgehead atoms. The van der Waals surface area contributed by atoms with Crippen LogP contribution in [0.1, 0.15) is 44.3 Å². The molecular formula is C16H24N4O2. The summed E-state index contributed by atoms with van der Waals surface area (Å²) in [4.78, 5) is 12.2. The van der Waals surface area contributed by atoms with E-state index in [-0.39, 0.29) is 24.2 Å². The predicted molar refractivity (Wildman–Crippen MR) is 83.4 cm³/mol. The highest BCUT2D eigenvalue weighted by Crippen LogP contribution is 2.28. The first-order valence-corrected chi connectivity index (χ1v) is 8.14. The van der Waals surface area contributed by atoms with Crippen LogP contribution in [0, 0.1) is 0 Å². The van der Waals surface area contributed by atoms with E-state index in [0.717, 1.165) is 37.8 Å². The van der Waals surface area contributed by atoms with Gasteiger partial charge in [-0.1, -0.05) is 12.2 Å². The first kappa shape index (κ1) is 15.1. The monoisotopic (exact) mass is 304 g/mol. The molecule has 2 N–H and O–H groups in total. The van der Waals surface area contributed by atoms with Gasteiger partial charge in [-0.05, 0) is 32.6 Å². The lowest BCUT2D eigenvalue weighted by atomic mass is 10.0. The average Bonchev–Trinajstić information content (AvgIpc) is 3.16. The van der Waals surface area contributed by atoms with Gasteiger partial charge in [0.2, 0.25) is 0 Å². The van der Waals surface area contributed by atoms with Gasteiger partial charge >= 0.3 is 6.03 Å². The number of hydrogen-bond donors (Lipinski definition) is 2. The van der Waals surface area contributed by atoms with Crippen molar-refractivity contribution in [3.8, 4) is 0 Å². The minimum absolute atomic E-state index is 0.00192. The highest BCUT2D eigenvalue weighted by atomic mass is 16.5. The van der Waals surface area contributed by atoms with Gasteiger partial charge in [0.15, 0.2) is 0 Å². The predicted octanol–water partition coefficient (Wildman–Crippen LogP) is 2.14. The van der Waals surface area contributed by atoms with Crippen molar-refractivity contribution in [2.24, 2.45) is 0 Å². The van der Waals surface area contributed by atoms with Crippen LogP contribution in [0.5, 0.6) is 0 Å². The standard InChI is InChI=1S/C16H24N4O2/c1-2-20-11-12(10-17-20)15-14(8-9-22-15)19-16(21)18-13-6-4-3-5-7-13/h4,6,10-11,13-15H,2-3,5,7-9H2,1H3,(H2,18,19,21)/t13-,14-,15+/m0/s1. The molecule has 0 saturated carbocycles. The molecule has 3 rings (SSSR count). The van der Waals surface area contributed by atoms with Gasteiger partial charge < -0.3 is 15.4 Å². The van der Waals surface area contributed by atoms with E-state index in [1.54, 1.807) is 0 Å². The van der Waals surface area contributed by atoms with E-state index < -0.39 is 0 Å². The van der Waals surface area contributed by atoms with Crippen molar-refractivity contribution in [2.75, 3.05) is 6.61 Å². The van der Waals surface area contributed by atoms with Crippen LogP contribution in [0.15, 0.2) is 24.5 Å². The SMILES string of the molecule is CCn1cc([C@H]2OCC[C@@H]2NC(=O)N[C@H]2C=CCCC2)cn1. The highest BCUT2D eigenvalue weighted by molar-refractivity contribution is 5.75. The number of amides is 2. The van der Waals surface area contributed by atoms with Crippen molar-refractivity contribution in [1.29, 1.82) is 0 Å². The number of nitrogens with one attached hydrogen (secondary N) is 2. The third-order valence-corrected chi connectivity index (χ3v) is 4.28. The number of hydrogen-bond acceptors (Lipinski definition) is 3. The maximum absolute atomic E-state index is 12.2. The molecule has 3 atom stereocenters. The lowest BCUT2D eigenvalue weighted by molar-refractivity contribution is 0.0998. The summed E-state index contributed by atoms with van der Waals surface area (Å²) in [7, 11) is 0. The first-order valence-electron chi connectivity index (χ1n) is 8.14. The minimum Gasteiger partial charge on any atom is -0.371 e. The number of urea groups is 1. The van der Waals surface area contributed by atoms with Crippen LogP contribution < -0.4 is 10.6 Å². The molecule has 0 spiro atoms. The Kier molecular flexibility index (Phi) is 4.77. The summed E-state index contributed by atoms with van der Waals surface area (Å²) in [6.45, 7) is 3.54.